The van der Waals surface area contributed by atoms with Gasteiger partial charge < -0.3 is 29.7 Å². The number of piperidine rings is 1. The minimum atomic E-state index is -2.77. The molecule has 0 unspecified atom stereocenters. The Balaban J connectivity index is 1.26. The molecule has 2 fully saturated rings. The van der Waals surface area contributed by atoms with E-state index in [4.69, 9.17) is 9.72 Å². The molecule has 0 atom stereocenters. The average Bonchev–Trinajstić information content (AvgIpc) is 3.09. The fourth-order valence-corrected chi connectivity index (χ4v) is 8.19. The van der Waals surface area contributed by atoms with Crippen molar-refractivity contribution < 1.29 is 9.30 Å². The lowest BCUT2D eigenvalue weighted by molar-refractivity contribution is 0.0982. The SMILES string of the molecule is CC#Cc1cnc(Nc2cc(CC)c(N3CCC(N4CCN(C)CC4)CC3)cc2OC)nc1Nc1ccc2nccnc2c1P(C)(C)=O. The van der Waals surface area contributed by atoms with Gasteiger partial charge in [-0.05, 0) is 70.3 Å². The molecule has 0 saturated carbocycles. The fourth-order valence-electron chi connectivity index (χ4n) is 6.80. The van der Waals surface area contributed by atoms with Gasteiger partial charge in [0.15, 0.2) is 5.82 Å². The molecule has 252 valence electrons. The number of ether oxygens (including phenoxy) is 1. The number of hydrogen-bond acceptors (Lipinski definition) is 11. The summed E-state index contributed by atoms with van der Waals surface area (Å²) in [4.78, 5) is 26.0. The van der Waals surface area contributed by atoms with E-state index in [9.17, 15) is 4.57 Å². The Bertz CT molecular complexity index is 1880. The first-order chi connectivity index (χ1) is 23.2. The molecule has 2 aromatic heterocycles. The van der Waals surface area contributed by atoms with Crippen molar-refractivity contribution in [3.05, 3.63) is 54.0 Å². The molecule has 2 saturated heterocycles. The smallest absolute Gasteiger partial charge is 0.229 e. The second-order valence-corrected chi connectivity index (χ2v) is 16.1. The lowest BCUT2D eigenvalue weighted by atomic mass is 9.99. The highest BCUT2D eigenvalue weighted by Gasteiger charge is 2.28. The minimum Gasteiger partial charge on any atom is -0.494 e. The van der Waals surface area contributed by atoms with Gasteiger partial charge in [0.1, 0.15) is 18.4 Å². The second kappa shape index (κ2) is 14.5. The topological polar surface area (TPSA) is 112 Å². The largest absolute Gasteiger partial charge is 0.494 e. The summed E-state index contributed by atoms with van der Waals surface area (Å²) in [5.41, 5.74) is 5.81. The molecule has 4 aromatic rings. The van der Waals surface area contributed by atoms with Gasteiger partial charge in [-0.25, -0.2) is 4.98 Å². The lowest BCUT2D eigenvalue weighted by Gasteiger charge is -2.43. The van der Waals surface area contributed by atoms with Crippen LogP contribution >= 0.6 is 7.14 Å². The third kappa shape index (κ3) is 7.26. The number of nitrogens with one attached hydrogen (secondary N) is 2. The number of anilines is 5. The van der Waals surface area contributed by atoms with Gasteiger partial charge in [-0.3, -0.25) is 14.9 Å². The van der Waals surface area contributed by atoms with Gasteiger partial charge in [-0.2, -0.15) is 4.98 Å². The molecule has 0 amide bonds. The highest BCUT2D eigenvalue weighted by atomic mass is 31.2. The van der Waals surface area contributed by atoms with E-state index in [-0.39, 0.29) is 0 Å². The third-order valence-electron chi connectivity index (χ3n) is 9.34. The van der Waals surface area contributed by atoms with E-state index in [2.05, 4.69) is 78.2 Å². The van der Waals surface area contributed by atoms with Crippen LogP contribution in [0.3, 0.4) is 0 Å². The van der Waals surface area contributed by atoms with Crippen molar-refractivity contribution >= 4 is 52.3 Å². The summed E-state index contributed by atoms with van der Waals surface area (Å²) in [5.74, 6) is 7.66. The van der Waals surface area contributed by atoms with E-state index in [0.29, 0.717) is 45.4 Å². The lowest BCUT2D eigenvalue weighted by Crippen LogP contribution is -2.52. The summed E-state index contributed by atoms with van der Waals surface area (Å²) >= 11 is 0. The molecule has 6 rings (SSSR count). The number of likely N-dealkylation sites (N-methyl/N-ethyl adjacent to an activating group) is 1. The molecular formula is C36H46N9O2P. The van der Waals surface area contributed by atoms with Crippen molar-refractivity contribution in [2.45, 2.75) is 39.2 Å². The summed E-state index contributed by atoms with van der Waals surface area (Å²) in [7, 11) is 1.14. The molecule has 0 aliphatic carbocycles. The van der Waals surface area contributed by atoms with Crippen LogP contribution in [-0.4, -0.2) is 103 Å². The zero-order valence-corrected chi connectivity index (χ0v) is 29.8. The molecule has 0 radical (unpaired) electrons. The van der Waals surface area contributed by atoms with Gasteiger partial charge in [0.2, 0.25) is 5.95 Å². The molecule has 4 heterocycles. The maximum atomic E-state index is 13.5. The van der Waals surface area contributed by atoms with Crippen LogP contribution in [0.25, 0.3) is 11.0 Å². The van der Waals surface area contributed by atoms with Gasteiger partial charge in [-0.1, -0.05) is 12.8 Å². The standard InChI is InChI=1S/C36H46N9O2P/c1-7-9-26-24-39-36(42-35(26)40-29-11-10-28-33(38-15-14-37-28)34(29)48(5,6)46)41-30-22-25(8-2)31(23-32(30)47-4)45-16-12-27(13-17-45)44-20-18-43(3)19-21-44/h10-11,14-15,22-24,27H,8,12-13,16-21H2,1-6H3,(H2,39,40,41,42). The van der Waals surface area contributed by atoms with E-state index in [0.717, 1.165) is 57.1 Å². The summed E-state index contributed by atoms with van der Waals surface area (Å²) in [5, 5.41) is 7.44. The number of benzene rings is 2. The van der Waals surface area contributed by atoms with Gasteiger partial charge >= 0.3 is 0 Å². The van der Waals surface area contributed by atoms with E-state index < -0.39 is 7.14 Å². The Kier molecular flexibility index (Phi) is 10.2. The summed E-state index contributed by atoms with van der Waals surface area (Å²) in [6.07, 6.45) is 8.16. The molecule has 48 heavy (non-hydrogen) atoms. The monoisotopic (exact) mass is 667 g/mol. The van der Waals surface area contributed by atoms with Crippen LogP contribution in [0, 0.1) is 11.8 Å². The highest BCUT2D eigenvalue weighted by Crippen LogP contribution is 2.41. The fraction of sp³-hybridized carbons (Fsp3) is 0.444. The van der Waals surface area contributed by atoms with Crippen molar-refractivity contribution in [2.24, 2.45) is 0 Å². The Morgan fingerprint density at radius 1 is 0.979 bits per heavy atom. The number of aromatic nitrogens is 4. The van der Waals surface area contributed by atoms with Crippen molar-refractivity contribution in [3.8, 4) is 17.6 Å². The zero-order chi connectivity index (χ0) is 33.8. The Morgan fingerprint density at radius 3 is 2.42 bits per heavy atom. The number of nitrogens with zero attached hydrogens (tertiary/aromatic N) is 7. The molecule has 11 nitrogen and oxygen atoms in total. The van der Waals surface area contributed by atoms with Crippen molar-refractivity contribution in [1.82, 2.24) is 29.7 Å². The quantitative estimate of drug-likeness (QED) is 0.179. The van der Waals surface area contributed by atoms with Crippen LogP contribution in [0.1, 0.15) is 37.8 Å². The molecule has 2 aliphatic heterocycles. The van der Waals surface area contributed by atoms with Crippen molar-refractivity contribution in [1.29, 1.82) is 0 Å². The van der Waals surface area contributed by atoms with Crippen LogP contribution < -0.4 is 25.6 Å². The Labute approximate surface area is 283 Å². The number of hydrogen-bond donors (Lipinski definition) is 2. The molecular weight excluding hydrogens is 621 g/mol. The number of piperazine rings is 1. The maximum Gasteiger partial charge on any atom is 0.229 e. The van der Waals surface area contributed by atoms with E-state index in [1.807, 2.05) is 12.1 Å². The van der Waals surface area contributed by atoms with Gasteiger partial charge in [0, 0.05) is 69.5 Å². The summed E-state index contributed by atoms with van der Waals surface area (Å²) in [6, 6.07) is 8.69. The first-order valence-corrected chi connectivity index (χ1v) is 19.3. The molecule has 2 aromatic carbocycles. The first kappa shape index (κ1) is 33.7. The predicted octanol–water partition coefficient (Wildman–Crippen LogP) is 5.31. The van der Waals surface area contributed by atoms with E-state index >= 15 is 0 Å². The number of rotatable bonds is 9. The molecule has 0 spiro atoms. The minimum absolute atomic E-state index is 0.388. The van der Waals surface area contributed by atoms with Gasteiger partial charge in [-0.15, -0.1) is 5.92 Å². The molecule has 2 N–H and O–H groups in total. The average molecular weight is 668 g/mol. The first-order valence-electron chi connectivity index (χ1n) is 16.7. The highest BCUT2D eigenvalue weighted by molar-refractivity contribution is 7.71. The summed E-state index contributed by atoms with van der Waals surface area (Å²) < 4.78 is 19.4. The Morgan fingerprint density at radius 2 is 1.73 bits per heavy atom. The maximum absolute atomic E-state index is 13.5. The number of aryl methyl sites for hydroxylation is 1. The Hall–Kier alpha value is -4.23. The van der Waals surface area contributed by atoms with E-state index in [1.165, 1.54) is 24.1 Å². The van der Waals surface area contributed by atoms with Gasteiger partial charge in [0.25, 0.3) is 0 Å². The predicted molar refractivity (Wildman–Crippen MR) is 196 cm³/mol. The van der Waals surface area contributed by atoms with Crippen LogP contribution in [0.2, 0.25) is 0 Å². The van der Waals surface area contributed by atoms with Crippen molar-refractivity contribution in [3.63, 3.8) is 0 Å². The number of methoxy groups -OCH3 is 1. The summed E-state index contributed by atoms with van der Waals surface area (Å²) in [6.45, 7) is 14.1. The van der Waals surface area contributed by atoms with Crippen LogP contribution in [0.5, 0.6) is 5.75 Å². The molecule has 0 bridgehead atoms. The zero-order valence-electron chi connectivity index (χ0n) is 28.9. The second-order valence-electron chi connectivity index (χ2n) is 12.9. The molecule has 2 aliphatic rings. The van der Waals surface area contributed by atoms with E-state index in [1.54, 1.807) is 46.0 Å². The van der Waals surface area contributed by atoms with Gasteiger partial charge in [0.05, 0.1) is 41.1 Å². The normalized spacial score (nSPS) is 16.4. The number of fused-ring (bicyclic) bond motifs is 1. The van der Waals surface area contributed by atoms with Crippen molar-refractivity contribution in [2.75, 3.05) is 82.3 Å². The molecule has 12 heteroatoms. The van der Waals surface area contributed by atoms with Crippen LogP contribution in [0.15, 0.2) is 42.9 Å². The third-order valence-corrected chi connectivity index (χ3v) is 10.9. The van der Waals surface area contributed by atoms with Crippen LogP contribution in [0.4, 0.5) is 28.8 Å². The van der Waals surface area contributed by atoms with Crippen LogP contribution in [-0.2, 0) is 11.0 Å².